The first kappa shape index (κ1) is 6.14. The number of hydrogen-bond donors (Lipinski definition) is 0. The van der Waals surface area contributed by atoms with Gasteiger partial charge in [0.2, 0.25) is 0 Å². The van der Waals surface area contributed by atoms with Gasteiger partial charge in [0.1, 0.15) is 0 Å². The lowest BCUT2D eigenvalue weighted by Crippen LogP contribution is -1.96. The first-order chi connectivity index (χ1) is 3.27. The summed E-state index contributed by atoms with van der Waals surface area (Å²) >= 11 is 0. The van der Waals surface area contributed by atoms with E-state index in [2.05, 4.69) is 11.3 Å². The van der Waals surface area contributed by atoms with E-state index in [1.807, 2.05) is 0 Å². The van der Waals surface area contributed by atoms with Crippen LogP contribution in [0.1, 0.15) is 0 Å². The molecule has 7 heavy (non-hydrogen) atoms. The van der Waals surface area contributed by atoms with Crippen LogP contribution in [0, 0.1) is 0 Å². The van der Waals surface area contributed by atoms with E-state index in [9.17, 15) is 9.18 Å². The van der Waals surface area contributed by atoms with Crippen molar-refractivity contribution in [2.24, 2.45) is 0 Å². The van der Waals surface area contributed by atoms with Gasteiger partial charge in [0.05, 0.1) is 6.26 Å². The van der Waals surface area contributed by atoms with E-state index in [-0.39, 0.29) is 0 Å². The molecule has 0 fully saturated rings. The molecule has 0 heterocycles. The van der Waals surface area contributed by atoms with Gasteiger partial charge in [-0.1, -0.05) is 6.58 Å². The second kappa shape index (κ2) is 3.33. The zero-order valence-electron chi connectivity index (χ0n) is 3.69. The van der Waals surface area contributed by atoms with Crippen LogP contribution in [-0.2, 0) is 9.53 Å². The lowest BCUT2D eigenvalue weighted by Gasteiger charge is -1.87. The molecule has 0 saturated heterocycles. The molecule has 0 unspecified atom stereocenters. The molecule has 0 aliphatic heterocycles. The van der Waals surface area contributed by atoms with E-state index in [0.717, 1.165) is 6.26 Å². The van der Waals surface area contributed by atoms with Crippen molar-refractivity contribution in [3.8, 4) is 0 Å². The Labute approximate surface area is 40.6 Å². The molecule has 0 N–H and O–H groups in total. The van der Waals surface area contributed by atoms with Gasteiger partial charge in [0.25, 0.3) is 0 Å². The molecule has 0 aliphatic rings. The van der Waals surface area contributed by atoms with Gasteiger partial charge in [0, 0.05) is 0 Å². The summed E-state index contributed by atoms with van der Waals surface area (Å²) in [6, 6.07) is -1.49. The van der Waals surface area contributed by atoms with Gasteiger partial charge in [-0.25, -0.2) is 0 Å². The van der Waals surface area contributed by atoms with Crippen LogP contribution in [0.2, 0.25) is 0 Å². The van der Waals surface area contributed by atoms with E-state index in [4.69, 9.17) is 0 Å². The fourth-order valence-corrected chi connectivity index (χ4v) is 0.124. The summed E-state index contributed by atoms with van der Waals surface area (Å²) in [6.07, 6.45) is 1.01. The third kappa shape index (κ3) is 5.14. The number of carbonyl (C=O) groups is 1. The van der Waals surface area contributed by atoms with Crippen LogP contribution in [0.5, 0.6) is 0 Å². The topological polar surface area (TPSA) is 26.3 Å². The van der Waals surface area contributed by atoms with Crippen LogP contribution in [0.4, 0.5) is 4.39 Å². The van der Waals surface area contributed by atoms with Crippen LogP contribution in [-0.4, -0.2) is 12.6 Å². The molecule has 0 aromatic rings. The Morgan fingerprint density at radius 2 is 2.57 bits per heavy atom. The molecular formula is C4H5FO2. The monoisotopic (exact) mass is 104 g/mol. The molecule has 0 radical (unpaired) electrons. The molecule has 0 aromatic heterocycles. The maximum absolute atomic E-state index is 11.1. The molecule has 0 atom stereocenters. The average molecular weight is 104 g/mol. The van der Waals surface area contributed by atoms with Crippen molar-refractivity contribution in [3.05, 3.63) is 12.8 Å². The molecule has 0 rings (SSSR count). The Morgan fingerprint density at radius 1 is 2.00 bits per heavy atom. The van der Waals surface area contributed by atoms with Crippen molar-refractivity contribution in [2.45, 2.75) is 0 Å². The van der Waals surface area contributed by atoms with Crippen LogP contribution in [0.3, 0.4) is 0 Å². The lowest BCUT2D eigenvalue weighted by atomic mass is 10.8. The van der Waals surface area contributed by atoms with Crippen molar-refractivity contribution in [1.29, 1.82) is 0 Å². The summed E-state index contributed by atoms with van der Waals surface area (Å²) in [4.78, 5) is 9.36. The van der Waals surface area contributed by atoms with Crippen LogP contribution in [0.25, 0.3) is 0 Å². The van der Waals surface area contributed by atoms with E-state index >= 15 is 0 Å². The van der Waals surface area contributed by atoms with Crippen molar-refractivity contribution in [1.82, 2.24) is 0 Å². The van der Waals surface area contributed by atoms with E-state index in [0.29, 0.717) is 0 Å². The SMILES string of the molecule is C=COCC(=O)F. The molecule has 0 bridgehead atoms. The second-order valence-electron chi connectivity index (χ2n) is 0.833. The average Bonchev–Trinajstić information content (AvgIpc) is 1.61. The fraction of sp³-hybridized carbons (Fsp3) is 0.250. The minimum Gasteiger partial charge on any atom is -0.491 e. The van der Waals surface area contributed by atoms with Crippen molar-refractivity contribution < 1.29 is 13.9 Å². The normalized spacial score (nSPS) is 7.57. The Balaban J connectivity index is 2.97. The summed E-state index contributed by atoms with van der Waals surface area (Å²) in [5, 5.41) is 0. The molecule has 3 heteroatoms. The van der Waals surface area contributed by atoms with Gasteiger partial charge in [-0.15, -0.1) is 0 Å². The third-order valence-corrected chi connectivity index (χ3v) is 0.315. The van der Waals surface area contributed by atoms with Gasteiger partial charge < -0.3 is 4.74 Å². The Morgan fingerprint density at radius 3 is 2.71 bits per heavy atom. The summed E-state index contributed by atoms with van der Waals surface area (Å²) in [5.41, 5.74) is 0. The zero-order valence-corrected chi connectivity index (χ0v) is 3.69. The third-order valence-electron chi connectivity index (χ3n) is 0.315. The number of rotatable bonds is 3. The zero-order chi connectivity index (χ0) is 5.70. The largest absolute Gasteiger partial charge is 0.491 e. The first-order valence-electron chi connectivity index (χ1n) is 1.68. The van der Waals surface area contributed by atoms with Crippen LogP contribution in [0.15, 0.2) is 12.8 Å². The standard InChI is InChI=1S/C4H5FO2/c1-2-7-3-4(5)6/h2H,1,3H2. The highest BCUT2D eigenvalue weighted by atomic mass is 19.1. The minimum atomic E-state index is -1.49. The van der Waals surface area contributed by atoms with Crippen LogP contribution < -0.4 is 0 Å². The van der Waals surface area contributed by atoms with Crippen molar-refractivity contribution >= 4 is 6.04 Å². The molecule has 0 aliphatic carbocycles. The molecule has 0 spiro atoms. The van der Waals surface area contributed by atoms with Crippen molar-refractivity contribution in [2.75, 3.05) is 6.61 Å². The summed E-state index contributed by atoms with van der Waals surface area (Å²) in [6.45, 7) is 2.57. The Bertz CT molecular complexity index is 79.8. The van der Waals surface area contributed by atoms with Gasteiger partial charge in [-0.3, -0.25) is 4.79 Å². The molecular weight excluding hydrogens is 99.0 g/mol. The predicted octanol–water partition coefficient (Wildman–Crippen LogP) is 0.643. The number of halogens is 1. The molecule has 40 valence electrons. The molecule has 0 saturated carbocycles. The Hall–Kier alpha value is -0.860. The van der Waals surface area contributed by atoms with Crippen molar-refractivity contribution in [3.63, 3.8) is 0 Å². The maximum Gasteiger partial charge on any atom is 0.338 e. The quantitative estimate of drug-likeness (QED) is 0.388. The highest BCUT2D eigenvalue weighted by Gasteiger charge is 1.91. The number of ether oxygens (including phenoxy) is 1. The van der Waals surface area contributed by atoms with E-state index in [1.165, 1.54) is 0 Å². The van der Waals surface area contributed by atoms with Gasteiger partial charge in [-0.05, 0) is 0 Å². The Kier molecular flexibility index (Phi) is 2.92. The predicted molar refractivity (Wildman–Crippen MR) is 22.3 cm³/mol. The van der Waals surface area contributed by atoms with Gasteiger partial charge >= 0.3 is 6.04 Å². The minimum absolute atomic E-state index is 0.524. The highest BCUT2D eigenvalue weighted by molar-refractivity contribution is 5.69. The second-order valence-corrected chi connectivity index (χ2v) is 0.833. The van der Waals surface area contributed by atoms with Gasteiger partial charge in [-0.2, -0.15) is 4.39 Å². The number of hydrogen-bond acceptors (Lipinski definition) is 2. The highest BCUT2D eigenvalue weighted by Crippen LogP contribution is 1.75. The fourth-order valence-electron chi connectivity index (χ4n) is 0.124. The molecule has 0 amide bonds. The smallest absolute Gasteiger partial charge is 0.338 e. The summed E-state index contributed by atoms with van der Waals surface area (Å²) in [7, 11) is 0. The van der Waals surface area contributed by atoms with E-state index in [1.54, 1.807) is 0 Å². The van der Waals surface area contributed by atoms with Gasteiger partial charge in [0.15, 0.2) is 6.61 Å². The number of carbonyl (C=O) groups excluding carboxylic acids is 1. The first-order valence-corrected chi connectivity index (χ1v) is 1.68. The maximum atomic E-state index is 11.1. The summed E-state index contributed by atoms with van der Waals surface area (Å²) < 4.78 is 15.2. The van der Waals surface area contributed by atoms with Crippen LogP contribution >= 0.6 is 0 Å². The molecule has 0 aromatic carbocycles. The summed E-state index contributed by atoms with van der Waals surface area (Å²) in [5.74, 6) is 0. The molecule has 2 nitrogen and oxygen atoms in total. The van der Waals surface area contributed by atoms with E-state index < -0.39 is 12.6 Å². The lowest BCUT2D eigenvalue weighted by molar-refractivity contribution is -0.132.